The van der Waals surface area contributed by atoms with E-state index in [1.54, 1.807) is 0 Å². The summed E-state index contributed by atoms with van der Waals surface area (Å²) in [4.78, 5) is 16.1. The fourth-order valence-electron chi connectivity index (χ4n) is 3.71. The maximum Gasteiger partial charge on any atom is 0.284 e. The fourth-order valence-corrected chi connectivity index (χ4v) is 3.71. The number of nitrogens with zero attached hydrogens (tertiary/aromatic N) is 1. The molecule has 2 aromatic rings. The maximum absolute atomic E-state index is 13.0. The average molecular weight is 353 g/mol. The number of carbonyl (C=O) groups excluding carboxylic acids is 1. The number of nitrogens with one attached hydrogen (secondary N) is 1. The molecule has 0 spiro atoms. The third-order valence-electron chi connectivity index (χ3n) is 5.38. The van der Waals surface area contributed by atoms with Gasteiger partial charge in [-0.1, -0.05) is 30.3 Å². The van der Waals surface area contributed by atoms with Crippen LogP contribution >= 0.6 is 0 Å². The van der Waals surface area contributed by atoms with Gasteiger partial charge in [0.1, 0.15) is 13.2 Å². The van der Waals surface area contributed by atoms with E-state index in [0.29, 0.717) is 6.61 Å². The summed E-state index contributed by atoms with van der Waals surface area (Å²) in [5, 5.41) is 0. The van der Waals surface area contributed by atoms with E-state index in [4.69, 9.17) is 9.47 Å². The molecule has 5 heteroatoms. The van der Waals surface area contributed by atoms with E-state index in [9.17, 15) is 4.79 Å². The van der Waals surface area contributed by atoms with Gasteiger partial charge in [-0.3, -0.25) is 4.79 Å². The summed E-state index contributed by atoms with van der Waals surface area (Å²) >= 11 is 0. The molecular formula is C21H25N2O3+. The van der Waals surface area contributed by atoms with Gasteiger partial charge >= 0.3 is 0 Å². The van der Waals surface area contributed by atoms with E-state index in [2.05, 4.69) is 13.1 Å². The van der Waals surface area contributed by atoms with Crippen LogP contribution in [0.1, 0.15) is 12.5 Å². The van der Waals surface area contributed by atoms with Crippen molar-refractivity contribution in [3.05, 3.63) is 54.1 Å². The molecule has 1 N–H and O–H groups in total. The molecule has 1 amide bonds. The van der Waals surface area contributed by atoms with Gasteiger partial charge in [-0.15, -0.1) is 0 Å². The second-order valence-electron chi connectivity index (χ2n) is 7.14. The van der Waals surface area contributed by atoms with Crippen molar-refractivity contribution in [2.24, 2.45) is 0 Å². The molecule has 3 atom stereocenters. The van der Waals surface area contributed by atoms with E-state index in [1.165, 1.54) is 5.56 Å². The van der Waals surface area contributed by atoms with Crippen molar-refractivity contribution in [1.29, 1.82) is 0 Å². The first-order chi connectivity index (χ1) is 12.6. The lowest BCUT2D eigenvalue weighted by atomic mass is 10.1. The van der Waals surface area contributed by atoms with Gasteiger partial charge in [-0.25, -0.2) is 0 Å². The second-order valence-corrected chi connectivity index (χ2v) is 7.14. The monoisotopic (exact) mass is 353 g/mol. The Morgan fingerprint density at radius 2 is 1.92 bits per heavy atom. The molecule has 2 aromatic carbocycles. The van der Waals surface area contributed by atoms with E-state index in [0.717, 1.165) is 41.6 Å². The Kier molecular flexibility index (Phi) is 4.55. The predicted octanol–water partition coefficient (Wildman–Crippen LogP) is 1.32. The van der Waals surface area contributed by atoms with Gasteiger partial charge in [0, 0.05) is 12.2 Å². The second kappa shape index (κ2) is 7.00. The molecule has 4 rings (SSSR count). The van der Waals surface area contributed by atoms with Gasteiger partial charge < -0.3 is 19.3 Å². The number of benzene rings is 2. The van der Waals surface area contributed by atoms with E-state index >= 15 is 0 Å². The molecular weight excluding hydrogens is 328 g/mol. The van der Waals surface area contributed by atoms with E-state index in [-0.39, 0.29) is 18.1 Å². The number of rotatable bonds is 4. The van der Waals surface area contributed by atoms with Crippen molar-refractivity contribution >= 4 is 11.6 Å². The zero-order valence-electron chi connectivity index (χ0n) is 15.3. The van der Waals surface area contributed by atoms with Crippen LogP contribution in [0.3, 0.4) is 0 Å². The van der Waals surface area contributed by atoms with Gasteiger partial charge in [-0.2, -0.15) is 0 Å². The van der Waals surface area contributed by atoms with Crippen LogP contribution in [0.2, 0.25) is 0 Å². The van der Waals surface area contributed by atoms with Gasteiger partial charge in [0.2, 0.25) is 0 Å². The van der Waals surface area contributed by atoms with E-state index < -0.39 is 0 Å². The van der Waals surface area contributed by atoms with Gasteiger partial charge in [0.05, 0.1) is 7.05 Å². The highest BCUT2D eigenvalue weighted by atomic mass is 16.6. The topological polar surface area (TPSA) is 43.2 Å². The van der Waals surface area contributed by atoms with Crippen LogP contribution in [0.5, 0.6) is 11.5 Å². The van der Waals surface area contributed by atoms with Gasteiger partial charge in [-0.05, 0) is 37.1 Å². The summed E-state index contributed by atoms with van der Waals surface area (Å²) in [5.41, 5.74) is 2.31. The number of fused-ring (bicyclic) bond motifs is 2. The summed E-state index contributed by atoms with van der Waals surface area (Å²) in [5.74, 6) is 1.74. The van der Waals surface area contributed by atoms with Crippen molar-refractivity contribution in [1.82, 2.24) is 0 Å². The Hall–Kier alpha value is -2.53. The van der Waals surface area contributed by atoms with Crippen molar-refractivity contribution in [3.63, 3.8) is 0 Å². The Labute approximate surface area is 154 Å². The number of hydrogen-bond acceptors (Lipinski definition) is 3. The molecule has 136 valence electrons. The smallest absolute Gasteiger partial charge is 0.284 e. The van der Waals surface area contributed by atoms with Crippen LogP contribution in [-0.4, -0.2) is 44.8 Å². The van der Waals surface area contributed by atoms with Crippen LogP contribution in [0, 0.1) is 0 Å². The molecule has 2 aliphatic rings. The number of hydrogen-bond donors (Lipinski definition) is 1. The Balaban J connectivity index is 1.39. The standard InChI is InChI=1S/C21H24N2O3/c1-15(21(24)23-12-11-16-7-3-4-8-18(16)23)22(2)13-17-14-25-19-9-5-6-10-20(19)26-17/h3-10,15,17H,11-14H2,1-2H3/p+1/t15-,17-/m1/s1. The molecule has 0 fully saturated rings. The zero-order valence-corrected chi connectivity index (χ0v) is 15.3. The van der Waals surface area contributed by atoms with Crippen LogP contribution in [-0.2, 0) is 11.2 Å². The van der Waals surface area contributed by atoms with E-state index in [1.807, 2.05) is 54.3 Å². The van der Waals surface area contributed by atoms with Crippen molar-refractivity contribution in [2.45, 2.75) is 25.5 Å². The first kappa shape index (κ1) is 16.9. The van der Waals surface area contributed by atoms with Crippen LogP contribution in [0.4, 0.5) is 5.69 Å². The molecule has 2 heterocycles. The lowest BCUT2D eigenvalue weighted by molar-refractivity contribution is -0.897. The summed E-state index contributed by atoms with van der Waals surface area (Å²) in [6, 6.07) is 15.8. The Morgan fingerprint density at radius 1 is 1.19 bits per heavy atom. The van der Waals surface area contributed by atoms with Crippen molar-refractivity contribution in [2.75, 3.05) is 31.6 Å². The number of amides is 1. The molecule has 0 bridgehead atoms. The highest BCUT2D eigenvalue weighted by Gasteiger charge is 2.34. The number of anilines is 1. The molecule has 0 aliphatic carbocycles. The summed E-state index contributed by atoms with van der Waals surface area (Å²) in [7, 11) is 2.05. The fraction of sp³-hybridized carbons (Fsp3) is 0.381. The minimum Gasteiger partial charge on any atom is -0.486 e. The number of para-hydroxylation sites is 3. The normalized spacial score (nSPS) is 20.4. The SMILES string of the molecule is C[C@H](C(=O)N1CCc2ccccc21)[NH+](C)C[C@@H]1COc2ccccc2O1. The van der Waals surface area contributed by atoms with Crippen LogP contribution < -0.4 is 19.3 Å². The molecule has 26 heavy (non-hydrogen) atoms. The highest BCUT2D eigenvalue weighted by Crippen LogP contribution is 2.30. The molecule has 5 nitrogen and oxygen atoms in total. The minimum absolute atomic E-state index is 0.0500. The quantitative estimate of drug-likeness (QED) is 0.902. The van der Waals surface area contributed by atoms with Crippen molar-refractivity contribution in [3.8, 4) is 11.5 Å². The molecule has 0 saturated carbocycles. The molecule has 0 radical (unpaired) electrons. The van der Waals surface area contributed by atoms with Crippen molar-refractivity contribution < 1.29 is 19.2 Å². The Morgan fingerprint density at radius 3 is 2.77 bits per heavy atom. The highest BCUT2D eigenvalue weighted by molar-refractivity contribution is 5.97. The third-order valence-corrected chi connectivity index (χ3v) is 5.38. The summed E-state index contributed by atoms with van der Waals surface area (Å²) in [6.45, 7) is 4.00. The van der Waals surface area contributed by atoms with Gasteiger partial charge in [0.25, 0.3) is 5.91 Å². The summed E-state index contributed by atoms with van der Waals surface area (Å²) in [6.07, 6.45) is 0.885. The molecule has 2 aliphatic heterocycles. The predicted molar refractivity (Wildman–Crippen MR) is 100 cm³/mol. The van der Waals surface area contributed by atoms with Crippen LogP contribution in [0.25, 0.3) is 0 Å². The molecule has 0 saturated heterocycles. The molecule has 0 aromatic heterocycles. The lowest BCUT2D eigenvalue weighted by Gasteiger charge is -2.31. The lowest BCUT2D eigenvalue weighted by Crippen LogP contribution is -3.15. The Bertz CT molecular complexity index is 807. The minimum atomic E-state index is -0.137. The number of carbonyl (C=O) groups is 1. The average Bonchev–Trinajstić information content (AvgIpc) is 3.11. The maximum atomic E-state index is 13.0. The zero-order chi connectivity index (χ0) is 18.1. The number of likely N-dealkylation sites (N-methyl/N-ethyl adjacent to an activating group) is 1. The largest absolute Gasteiger partial charge is 0.486 e. The summed E-state index contributed by atoms with van der Waals surface area (Å²) < 4.78 is 11.8. The first-order valence-electron chi connectivity index (χ1n) is 9.23. The van der Waals surface area contributed by atoms with Gasteiger partial charge in [0.15, 0.2) is 23.6 Å². The third kappa shape index (κ3) is 3.15. The van der Waals surface area contributed by atoms with Crippen LogP contribution in [0.15, 0.2) is 48.5 Å². The molecule has 1 unspecified atom stereocenters. The first-order valence-corrected chi connectivity index (χ1v) is 9.23. The number of ether oxygens (including phenoxy) is 2. The number of quaternary nitrogens is 1.